The number of methoxy groups -OCH3 is 1. The van der Waals surface area contributed by atoms with E-state index < -0.39 is 26.4 Å². The van der Waals surface area contributed by atoms with Crippen LogP contribution in [0.3, 0.4) is 0 Å². The maximum Gasteiger partial charge on any atom is 0.269 e. The SMILES string of the molecule is COC(C)(CNS(=O)(=O)c1ccc([N+](=O)[O-])cc1)c1ccccc1F. The van der Waals surface area contributed by atoms with Crippen LogP contribution in [0.2, 0.25) is 0 Å². The second kappa shape index (κ2) is 7.26. The average molecular weight is 368 g/mol. The van der Waals surface area contributed by atoms with Gasteiger partial charge in [0.25, 0.3) is 5.69 Å². The van der Waals surface area contributed by atoms with E-state index in [1.165, 1.54) is 25.3 Å². The molecule has 2 rings (SSSR count). The zero-order chi connectivity index (χ0) is 18.7. The molecule has 0 aliphatic rings. The van der Waals surface area contributed by atoms with E-state index in [1.54, 1.807) is 13.0 Å². The molecule has 0 heterocycles. The Balaban J connectivity index is 2.22. The van der Waals surface area contributed by atoms with E-state index in [1.807, 2.05) is 0 Å². The normalized spacial score (nSPS) is 14.0. The lowest BCUT2D eigenvalue weighted by molar-refractivity contribution is -0.384. The Morgan fingerprint density at radius 2 is 1.80 bits per heavy atom. The Labute approximate surface area is 144 Å². The summed E-state index contributed by atoms with van der Waals surface area (Å²) in [4.78, 5) is 9.88. The summed E-state index contributed by atoms with van der Waals surface area (Å²) < 4.78 is 46.4. The lowest BCUT2D eigenvalue weighted by Crippen LogP contribution is -2.40. The van der Waals surface area contributed by atoms with E-state index >= 15 is 0 Å². The van der Waals surface area contributed by atoms with Gasteiger partial charge in [-0.1, -0.05) is 18.2 Å². The molecule has 2 aromatic carbocycles. The second-order valence-electron chi connectivity index (χ2n) is 5.49. The van der Waals surface area contributed by atoms with Crippen molar-refractivity contribution in [2.24, 2.45) is 0 Å². The van der Waals surface area contributed by atoms with Crippen molar-refractivity contribution in [1.29, 1.82) is 0 Å². The van der Waals surface area contributed by atoms with Crippen LogP contribution in [-0.4, -0.2) is 27.0 Å². The van der Waals surface area contributed by atoms with Gasteiger partial charge in [0.2, 0.25) is 10.0 Å². The van der Waals surface area contributed by atoms with E-state index in [0.29, 0.717) is 0 Å². The minimum atomic E-state index is -3.94. The first kappa shape index (κ1) is 19.0. The van der Waals surface area contributed by atoms with Crippen molar-refractivity contribution in [2.45, 2.75) is 17.4 Å². The number of nitrogens with zero attached hydrogens (tertiary/aromatic N) is 1. The molecule has 0 saturated heterocycles. The van der Waals surface area contributed by atoms with Gasteiger partial charge in [-0.25, -0.2) is 17.5 Å². The number of nitrogens with one attached hydrogen (secondary N) is 1. The molecule has 25 heavy (non-hydrogen) atoms. The lowest BCUT2D eigenvalue weighted by Gasteiger charge is -2.29. The zero-order valence-corrected chi connectivity index (χ0v) is 14.4. The molecule has 9 heteroatoms. The molecule has 0 saturated carbocycles. The lowest BCUT2D eigenvalue weighted by atomic mass is 9.95. The second-order valence-corrected chi connectivity index (χ2v) is 7.26. The van der Waals surface area contributed by atoms with E-state index in [-0.39, 0.29) is 22.7 Å². The van der Waals surface area contributed by atoms with Crippen LogP contribution in [0.1, 0.15) is 12.5 Å². The maximum atomic E-state index is 14.0. The van der Waals surface area contributed by atoms with Gasteiger partial charge >= 0.3 is 0 Å². The molecule has 0 amide bonds. The molecule has 134 valence electrons. The maximum absolute atomic E-state index is 14.0. The number of ether oxygens (including phenoxy) is 1. The molecule has 0 spiro atoms. The van der Waals surface area contributed by atoms with Gasteiger partial charge in [0.15, 0.2) is 0 Å². The van der Waals surface area contributed by atoms with Gasteiger partial charge in [-0.15, -0.1) is 0 Å². The molecule has 1 atom stereocenters. The number of nitro groups is 1. The van der Waals surface area contributed by atoms with Crippen LogP contribution in [0.4, 0.5) is 10.1 Å². The molecule has 0 aliphatic heterocycles. The minimum Gasteiger partial charge on any atom is -0.372 e. The standard InChI is InChI=1S/C16H17FN2O5S/c1-16(24-2,14-5-3-4-6-15(14)17)11-18-25(22,23)13-9-7-12(8-10-13)19(20)21/h3-10,18H,11H2,1-2H3. The Hall–Kier alpha value is -2.36. The molecule has 7 nitrogen and oxygen atoms in total. The van der Waals surface area contributed by atoms with Gasteiger partial charge in [-0.3, -0.25) is 10.1 Å². The fourth-order valence-corrected chi connectivity index (χ4v) is 3.36. The number of hydrogen-bond acceptors (Lipinski definition) is 5. The van der Waals surface area contributed by atoms with Crippen molar-refractivity contribution in [1.82, 2.24) is 4.72 Å². The van der Waals surface area contributed by atoms with Crippen LogP contribution in [-0.2, 0) is 20.4 Å². The molecule has 0 aromatic heterocycles. The largest absolute Gasteiger partial charge is 0.372 e. The van der Waals surface area contributed by atoms with Crippen LogP contribution in [0.25, 0.3) is 0 Å². The third-order valence-corrected chi connectivity index (χ3v) is 5.27. The Morgan fingerprint density at radius 3 is 2.32 bits per heavy atom. The van der Waals surface area contributed by atoms with Crippen molar-refractivity contribution in [3.05, 3.63) is 70.0 Å². The van der Waals surface area contributed by atoms with E-state index in [0.717, 1.165) is 24.3 Å². The molecule has 1 unspecified atom stereocenters. The molecule has 0 fully saturated rings. The number of rotatable bonds is 7. The summed E-state index contributed by atoms with van der Waals surface area (Å²) in [7, 11) is -2.59. The third kappa shape index (κ3) is 4.19. The Bertz CT molecular complexity index is 870. The van der Waals surface area contributed by atoms with E-state index in [9.17, 15) is 22.9 Å². The van der Waals surface area contributed by atoms with Gasteiger partial charge in [-0.05, 0) is 25.1 Å². The summed E-state index contributed by atoms with van der Waals surface area (Å²) in [6.07, 6.45) is 0. The van der Waals surface area contributed by atoms with Gasteiger partial charge in [0.1, 0.15) is 11.4 Å². The molecular weight excluding hydrogens is 351 g/mol. The van der Waals surface area contributed by atoms with Crippen LogP contribution in [0, 0.1) is 15.9 Å². The number of non-ortho nitro benzene ring substituents is 1. The highest BCUT2D eigenvalue weighted by atomic mass is 32.2. The number of halogens is 1. The number of hydrogen-bond donors (Lipinski definition) is 1. The van der Waals surface area contributed by atoms with E-state index in [2.05, 4.69) is 4.72 Å². The minimum absolute atomic E-state index is 0.134. The van der Waals surface area contributed by atoms with E-state index in [4.69, 9.17) is 4.74 Å². The smallest absolute Gasteiger partial charge is 0.269 e. The predicted molar refractivity (Wildman–Crippen MR) is 89.0 cm³/mol. The molecule has 0 radical (unpaired) electrons. The predicted octanol–water partition coefficient (Wildman–Crippen LogP) is 2.57. The number of benzene rings is 2. The molecule has 0 bridgehead atoms. The van der Waals surface area contributed by atoms with Gasteiger partial charge in [-0.2, -0.15) is 0 Å². The van der Waals surface area contributed by atoms with Crippen molar-refractivity contribution < 1.29 is 22.5 Å². The number of nitro benzene ring substituents is 1. The van der Waals surface area contributed by atoms with Crippen molar-refractivity contribution in [3.8, 4) is 0 Å². The van der Waals surface area contributed by atoms with Crippen LogP contribution in [0.15, 0.2) is 53.4 Å². The van der Waals surface area contributed by atoms with Crippen LogP contribution < -0.4 is 4.72 Å². The summed E-state index contributed by atoms with van der Waals surface area (Å²) in [5.74, 6) is -0.513. The Kier molecular flexibility index (Phi) is 5.51. The van der Waals surface area contributed by atoms with Crippen molar-refractivity contribution in [2.75, 3.05) is 13.7 Å². The monoisotopic (exact) mass is 368 g/mol. The third-order valence-electron chi connectivity index (χ3n) is 3.85. The van der Waals surface area contributed by atoms with Crippen molar-refractivity contribution in [3.63, 3.8) is 0 Å². The first-order chi connectivity index (χ1) is 11.7. The molecule has 0 aliphatic carbocycles. The summed E-state index contributed by atoms with van der Waals surface area (Å²) in [5.41, 5.74) is -1.23. The first-order valence-corrected chi connectivity index (χ1v) is 8.72. The van der Waals surface area contributed by atoms with Crippen LogP contribution >= 0.6 is 0 Å². The highest BCUT2D eigenvalue weighted by molar-refractivity contribution is 7.89. The average Bonchev–Trinajstić information content (AvgIpc) is 2.60. The fourth-order valence-electron chi connectivity index (χ4n) is 2.23. The molecule has 2 aromatic rings. The summed E-state index contributed by atoms with van der Waals surface area (Å²) >= 11 is 0. The highest BCUT2D eigenvalue weighted by Crippen LogP contribution is 2.27. The summed E-state index contributed by atoms with van der Waals surface area (Å²) in [5, 5.41) is 10.6. The number of sulfonamides is 1. The summed E-state index contributed by atoms with van der Waals surface area (Å²) in [6.45, 7) is 1.34. The fraction of sp³-hybridized carbons (Fsp3) is 0.250. The van der Waals surface area contributed by atoms with Crippen LogP contribution in [0.5, 0.6) is 0 Å². The summed E-state index contributed by atoms with van der Waals surface area (Å²) in [6, 6.07) is 10.4. The zero-order valence-electron chi connectivity index (χ0n) is 13.6. The highest BCUT2D eigenvalue weighted by Gasteiger charge is 2.31. The van der Waals surface area contributed by atoms with Crippen molar-refractivity contribution >= 4 is 15.7 Å². The Morgan fingerprint density at radius 1 is 1.20 bits per heavy atom. The quantitative estimate of drug-likeness (QED) is 0.598. The first-order valence-electron chi connectivity index (χ1n) is 7.24. The molecular formula is C16H17FN2O5S. The van der Waals surface area contributed by atoms with Gasteiger partial charge in [0, 0.05) is 31.4 Å². The van der Waals surface area contributed by atoms with Gasteiger partial charge in [0.05, 0.1) is 9.82 Å². The van der Waals surface area contributed by atoms with Gasteiger partial charge < -0.3 is 4.74 Å². The molecule has 1 N–H and O–H groups in total. The topological polar surface area (TPSA) is 98.5 Å².